The van der Waals surface area contributed by atoms with Gasteiger partial charge in [-0.3, -0.25) is 0 Å². The van der Waals surface area contributed by atoms with Crippen LogP contribution < -0.4 is 8.92 Å². The quantitative estimate of drug-likeness (QED) is 0.611. The summed E-state index contributed by atoms with van der Waals surface area (Å²) in [5, 5.41) is 0. The molecule has 0 aliphatic heterocycles. The molecule has 1 aromatic rings. The van der Waals surface area contributed by atoms with E-state index in [2.05, 4.69) is 9.17 Å². The van der Waals surface area contributed by atoms with Gasteiger partial charge in [-0.2, -0.15) is 13.2 Å². The van der Waals surface area contributed by atoms with Crippen LogP contribution in [0.4, 0.5) is 17.6 Å². The van der Waals surface area contributed by atoms with E-state index in [1.54, 1.807) is 0 Å². The van der Waals surface area contributed by atoms with Crippen molar-refractivity contribution in [2.75, 3.05) is 6.61 Å². The van der Waals surface area contributed by atoms with Gasteiger partial charge in [0.1, 0.15) is 0 Å². The highest BCUT2D eigenvalue weighted by Gasteiger charge is 2.32. The van der Waals surface area contributed by atoms with Gasteiger partial charge in [-0.15, -0.1) is 0 Å². The van der Waals surface area contributed by atoms with Crippen molar-refractivity contribution in [2.24, 2.45) is 5.92 Å². The summed E-state index contributed by atoms with van der Waals surface area (Å²) >= 11 is -0.786. The molecule has 1 aliphatic rings. The summed E-state index contributed by atoms with van der Waals surface area (Å²) in [6.07, 6.45) is 3.02. The summed E-state index contributed by atoms with van der Waals surface area (Å²) in [6, 6.07) is 0.911. The molecule has 1 saturated carbocycles. The maximum atomic E-state index is 13.3. The summed E-state index contributed by atoms with van der Waals surface area (Å²) < 4.78 is 58.2. The highest BCUT2D eigenvalue weighted by Crippen LogP contribution is 2.34. The van der Waals surface area contributed by atoms with Crippen molar-refractivity contribution in [2.45, 2.75) is 18.3 Å². The normalized spacial score (nSPS) is 15.6. The Balaban J connectivity index is 1.91. The van der Waals surface area contributed by atoms with Crippen LogP contribution in [0.3, 0.4) is 0 Å². The van der Waals surface area contributed by atoms with E-state index in [0.717, 1.165) is 25.1 Å². The van der Waals surface area contributed by atoms with Gasteiger partial charge in [0, 0.05) is 6.07 Å². The number of hydrogen-bond donors (Lipinski definition) is 0. The lowest BCUT2D eigenvalue weighted by Gasteiger charge is -2.08. The van der Waals surface area contributed by atoms with Crippen LogP contribution in [0.2, 0.25) is 0 Å². The fourth-order valence-corrected chi connectivity index (χ4v) is 1.43. The average molecular weight is 283 g/mol. The molecule has 100 valence electrons. The third-order valence-corrected chi connectivity index (χ3v) is 2.64. The second-order valence-electron chi connectivity index (χ2n) is 3.82. The van der Waals surface area contributed by atoms with Gasteiger partial charge in [-0.25, -0.2) is 9.37 Å². The molecular formula is C10H9F4NO2S. The standard InChI is InChI=1S/C10H9F4NO2S/c11-7-3-9(16-5-6-1-2-6)15-4-8(7)17-18-10(12,13)14/h3-4,6H,1-2,5H2. The third-order valence-electron chi connectivity index (χ3n) is 2.18. The molecule has 0 atom stereocenters. The third kappa shape index (κ3) is 4.25. The van der Waals surface area contributed by atoms with Crippen LogP contribution in [0, 0.1) is 11.7 Å². The van der Waals surface area contributed by atoms with E-state index in [9.17, 15) is 17.6 Å². The minimum absolute atomic E-state index is 0.0451. The first-order valence-electron chi connectivity index (χ1n) is 5.15. The Morgan fingerprint density at radius 2 is 2.11 bits per heavy atom. The molecule has 0 bridgehead atoms. The van der Waals surface area contributed by atoms with E-state index >= 15 is 0 Å². The zero-order valence-corrected chi connectivity index (χ0v) is 9.85. The Labute approximate surface area is 105 Å². The van der Waals surface area contributed by atoms with Crippen molar-refractivity contribution < 1.29 is 26.5 Å². The van der Waals surface area contributed by atoms with Gasteiger partial charge in [-0.1, -0.05) is 0 Å². The first-order chi connectivity index (χ1) is 8.44. The first kappa shape index (κ1) is 13.3. The molecule has 8 heteroatoms. The summed E-state index contributed by atoms with van der Waals surface area (Å²) in [4.78, 5) is 3.67. The van der Waals surface area contributed by atoms with Crippen molar-refractivity contribution in [3.8, 4) is 11.6 Å². The van der Waals surface area contributed by atoms with Gasteiger partial charge in [0.15, 0.2) is 23.6 Å². The van der Waals surface area contributed by atoms with E-state index in [1.165, 1.54) is 0 Å². The SMILES string of the molecule is Fc1cc(OCC2CC2)ncc1OSC(F)(F)F. The maximum Gasteiger partial charge on any atom is 0.479 e. The fourth-order valence-electron chi connectivity index (χ4n) is 1.12. The van der Waals surface area contributed by atoms with E-state index < -0.39 is 29.1 Å². The molecule has 3 nitrogen and oxygen atoms in total. The lowest BCUT2D eigenvalue weighted by molar-refractivity contribution is -0.0370. The average Bonchev–Trinajstić information content (AvgIpc) is 3.07. The van der Waals surface area contributed by atoms with Gasteiger partial charge in [0.05, 0.1) is 12.8 Å². The second-order valence-corrected chi connectivity index (χ2v) is 4.62. The van der Waals surface area contributed by atoms with Crippen LogP contribution in [0.1, 0.15) is 12.8 Å². The van der Waals surface area contributed by atoms with Crippen molar-refractivity contribution in [1.82, 2.24) is 4.98 Å². The fraction of sp³-hybridized carbons (Fsp3) is 0.500. The van der Waals surface area contributed by atoms with Gasteiger partial charge < -0.3 is 8.92 Å². The minimum atomic E-state index is -4.59. The number of aromatic nitrogens is 1. The minimum Gasteiger partial charge on any atom is -0.477 e. The van der Waals surface area contributed by atoms with Gasteiger partial charge >= 0.3 is 5.51 Å². The molecule has 0 spiro atoms. The number of pyridine rings is 1. The lowest BCUT2D eigenvalue weighted by atomic mass is 10.4. The highest BCUT2D eigenvalue weighted by atomic mass is 32.2. The Bertz CT molecular complexity index is 423. The first-order valence-corrected chi connectivity index (χ1v) is 5.89. The number of ether oxygens (including phenoxy) is 1. The van der Waals surface area contributed by atoms with Crippen LogP contribution >= 0.6 is 12.0 Å². The predicted molar refractivity (Wildman–Crippen MR) is 56.7 cm³/mol. The molecule has 0 aromatic carbocycles. The van der Waals surface area contributed by atoms with Crippen molar-refractivity contribution in [3.63, 3.8) is 0 Å². The van der Waals surface area contributed by atoms with Crippen LogP contribution in [-0.4, -0.2) is 17.1 Å². The summed E-state index contributed by atoms with van der Waals surface area (Å²) in [5.74, 6) is -0.987. The maximum absolute atomic E-state index is 13.3. The Hall–Kier alpha value is -1.18. The molecule has 1 fully saturated rings. The molecule has 18 heavy (non-hydrogen) atoms. The molecule has 1 heterocycles. The van der Waals surface area contributed by atoms with Crippen molar-refractivity contribution >= 4 is 12.0 Å². The molecule has 1 aromatic heterocycles. The molecule has 0 amide bonds. The van der Waals surface area contributed by atoms with Crippen molar-refractivity contribution in [1.29, 1.82) is 0 Å². The Morgan fingerprint density at radius 1 is 1.39 bits per heavy atom. The summed E-state index contributed by atoms with van der Waals surface area (Å²) in [5.41, 5.74) is -4.59. The van der Waals surface area contributed by atoms with E-state index in [0.29, 0.717) is 12.5 Å². The number of halogens is 4. The van der Waals surface area contributed by atoms with Crippen LogP contribution in [-0.2, 0) is 0 Å². The van der Waals surface area contributed by atoms with Gasteiger partial charge in [-0.05, 0) is 18.8 Å². The number of rotatable bonds is 5. The predicted octanol–water partition coefficient (Wildman–Crippen LogP) is 3.56. The van der Waals surface area contributed by atoms with E-state index in [-0.39, 0.29) is 5.88 Å². The Morgan fingerprint density at radius 3 is 2.67 bits per heavy atom. The van der Waals surface area contributed by atoms with E-state index in [1.807, 2.05) is 0 Å². The largest absolute Gasteiger partial charge is 0.479 e. The molecule has 0 radical (unpaired) electrons. The molecule has 0 unspecified atom stereocenters. The zero-order chi connectivity index (χ0) is 13.2. The van der Waals surface area contributed by atoms with Crippen molar-refractivity contribution in [3.05, 3.63) is 18.1 Å². The van der Waals surface area contributed by atoms with E-state index in [4.69, 9.17) is 4.74 Å². The zero-order valence-electron chi connectivity index (χ0n) is 9.04. The highest BCUT2D eigenvalue weighted by molar-refractivity contribution is 7.95. The molecule has 0 saturated heterocycles. The summed E-state index contributed by atoms with van der Waals surface area (Å²) in [6.45, 7) is 0.448. The van der Waals surface area contributed by atoms with Crippen LogP contribution in [0.25, 0.3) is 0 Å². The van der Waals surface area contributed by atoms with Crippen LogP contribution in [0.5, 0.6) is 11.6 Å². The number of nitrogens with zero attached hydrogens (tertiary/aromatic N) is 1. The van der Waals surface area contributed by atoms with Gasteiger partial charge in [0.25, 0.3) is 0 Å². The molecule has 1 aliphatic carbocycles. The second kappa shape index (κ2) is 5.21. The topological polar surface area (TPSA) is 31.4 Å². The number of hydrogen-bond acceptors (Lipinski definition) is 4. The summed E-state index contributed by atoms with van der Waals surface area (Å²) in [7, 11) is 0. The monoisotopic (exact) mass is 283 g/mol. The molecule has 0 N–H and O–H groups in total. The molecule has 2 rings (SSSR count). The smallest absolute Gasteiger partial charge is 0.477 e. The lowest BCUT2D eigenvalue weighted by Crippen LogP contribution is -2.04. The van der Waals surface area contributed by atoms with Gasteiger partial charge in [0.2, 0.25) is 5.88 Å². The number of alkyl halides is 3. The van der Waals surface area contributed by atoms with Crippen LogP contribution in [0.15, 0.2) is 12.3 Å². The molecular weight excluding hydrogens is 274 g/mol. The Kier molecular flexibility index (Phi) is 3.84.